The van der Waals surface area contributed by atoms with E-state index in [1.807, 2.05) is 0 Å². The molecule has 0 aromatic heterocycles. The Morgan fingerprint density at radius 3 is 2.88 bits per heavy atom. The Morgan fingerprint density at radius 1 is 1.53 bits per heavy atom. The highest BCUT2D eigenvalue weighted by Gasteiger charge is 2.48. The number of hydrogen-bond acceptors (Lipinski definition) is 6. The van der Waals surface area contributed by atoms with Crippen LogP contribution in [-0.2, 0) is 19.1 Å². The molecule has 2 aliphatic heterocycles. The molecule has 0 N–H and O–H groups in total. The van der Waals surface area contributed by atoms with Gasteiger partial charge in [0.25, 0.3) is 0 Å². The number of rotatable bonds is 2. The molecule has 1 fully saturated rings. The number of carbonyl (C=O) groups is 2. The Bertz CT molecular complexity index is 372. The zero-order chi connectivity index (χ0) is 12.6. The molecule has 6 heteroatoms. The lowest BCUT2D eigenvalue weighted by atomic mass is 9.97. The number of cyclic esters (lactones) is 1. The Morgan fingerprint density at radius 2 is 2.24 bits per heavy atom. The molecule has 17 heavy (non-hydrogen) atoms. The van der Waals surface area contributed by atoms with Crippen LogP contribution in [0.1, 0.15) is 20.8 Å². The van der Waals surface area contributed by atoms with Crippen LogP contribution in [0.4, 0.5) is 0 Å². The number of azo groups is 1. The van der Waals surface area contributed by atoms with Gasteiger partial charge in [-0.25, -0.2) is 4.79 Å². The van der Waals surface area contributed by atoms with Crippen LogP contribution in [0.2, 0.25) is 0 Å². The first-order valence-electron chi connectivity index (χ1n) is 5.64. The van der Waals surface area contributed by atoms with Crippen molar-refractivity contribution in [2.24, 2.45) is 21.6 Å². The van der Waals surface area contributed by atoms with Gasteiger partial charge in [0.15, 0.2) is 6.04 Å². The molecule has 3 atom stereocenters. The van der Waals surface area contributed by atoms with Gasteiger partial charge in [-0.1, -0.05) is 0 Å². The van der Waals surface area contributed by atoms with Crippen LogP contribution in [0.3, 0.4) is 0 Å². The van der Waals surface area contributed by atoms with Crippen LogP contribution < -0.4 is 0 Å². The summed E-state index contributed by atoms with van der Waals surface area (Å²) in [7, 11) is 0. The summed E-state index contributed by atoms with van der Waals surface area (Å²) >= 11 is 0. The topological polar surface area (TPSA) is 77.3 Å². The molecule has 0 bridgehead atoms. The zero-order valence-corrected chi connectivity index (χ0v) is 10.2. The number of nitrogens with zero attached hydrogens (tertiary/aromatic N) is 2. The third-order valence-corrected chi connectivity index (χ3v) is 2.88. The van der Waals surface area contributed by atoms with Crippen molar-refractivity contribution in [3.63, 3.8) is 0 Å². The van der Waals surface area contributed by atoms with E-state index in [1.165, 1.54) is 0 Å². The molecule has 0 saturated carbocycles. The van der Waals surface area contributed by atoms with Crippen LogP contribution in [0.25, 0.3) is 0 Å². The summed E-state index contributed by atoms with van der Waals surface area (Å²) in [4.78, 5) is 23.0. The molecule has 1 saturated heterocycles. The molecule has 2 rings (SSSR count). The van der Waals surface area contributed by atoms with Gasteiger partial charge in [-0.05, 0) is 20.8 Å². The minimum atomic E-state index is -0.549. The van der Waals surface area contributed by atoms with E-state index in [2.05, 4.69) is 10.2 Å². The Labute approximate surface area is 99.4 Å². The quantitative estimate of drug-likeness (QED) is 0.673. The standard InChI is InChI=1S/C11H16N2O4/c1-11(2,3)10(15)16-5-7-6-4-12-13-8(6)9(14)17-7/h6-8H,4-5H2,1-3H3/t6-,7-,8-/m1/s1. The lowest BCUT2D eigenvalue weighted by molar-refractivity contribution is -0.160. The van der Waals surface area contributed by atoms with Crippen molar-refractivity contribution < 1.29 is 19.1 Å². The predicted octanol–water partition coefficient (Wildman–Crippen LogP) is 0.952. The minimum Gasteiger partial charge on any atom is -0.461 e. The minimum absolute atomic E-state index is 0.0738. The van der Waals surface area contributed by atoms with Gasteiger partial charge in [0.05, 0.1) is 17.9 Å². The molecule has 2 aliphatic rings. The first-order valence-corrected chi connectivity index (χ1v) is 5.64. The second kappa shape index (κ2) is 4.09. The van der Waals surface area contributed by atoms with Gasteiger partial charge in [-0.2, -0.15) is 10.2 Å². The summed E-state index contributed by atoms with van der Waals surface area (Å²) < 4.78 is 10.3. The largest absolute Gasteiger partial charge is 0.461 e. The maximum absolute atomic E-state index is 11.6. The van der Waals surface area contributed by atoms with Crippen LogP contribution in [0.5, 0.6) is 0 Å². The molecule has 0 aromatic rings. The summed E-state index contributed by atoms with van der Waals surface area (Å²) in [5, 5.41) is 7.64. The van der Waals surface area contributed by atoms with Crippen molar-refractivity contribution in [3.8, 4) is 0 Å². The van der Waals surface area contributed by atoms with Gasteiger partial charge in [0.1, 0.15) is 12.7 Å². The summed E-state index contributed by atoms with van der Waals surface area (Å²) in [6, 6.07) is -0.492. The fourth-order valence-corrected chi connectivity index (χ4v) is 1.80. The number of ether oxygens (including phenoxy) is 2. The van der Waals surface area contributed by atoms with Gasteiger partial charge in [0, 0.05) is 0 Å². The third kappa shape index (κ3) is 2.30. The molecule has 0 unspecified atom stereocenters. The number of esters is 2. The van der Waals surface area contributed by atoms with E-state index in [4.69, 9.17) is 9.47 Å². The Balaban J connectivity index is 1.89. The number of fused-ring (bicyclic) bond motifs is 1. The molecule has 0 amide bonds. The van der Waals surface area contributed by atoms with Crippen molar-refractivity contribution >= 4 is 11.9 Å². The highest BCUT2D eigenvalue weighted by atomic mass is 16.6. The summed E-state index contributed by atoms with van der Waals surface area (Å²) in [5.74, 6) is -0.743. The van der Waals surface area contributed by atoms with Crippen LogP contribution >= 0.6 is 0 Å². The second-order valence-electron chi connectivity index (χ2n) is 5.37. The number of carbonyl (C=O) groups excluding carboxylic acids is 2. The van der Waals surface area contributed by atoms with Gasteiger partial charge in [-0.15, -0.1) is 0 Å². The molecule has 0 aromatic carbocycles. The van der Waals surface area contributed by atoms with Crippen LogP contribution in [-0.4, -0.2) is 37.2 Å². The van der Waals surface area contributed by atoms with Crippen molar-refractivity contribution in [2.75, 3.05) is 13.2 Å². The summed E-state index contributed by atoms with van der Waals surface area (Å²) in [5.41, 5.74) is -0.549. The monoisotopic (exact) mass is 240 g/mol. The molecule has 2 heterocycles. The predicted molar refractivity (Wildman–Crippen MR) is 57.3 cm³/mol. The fraction of sp³-hybridized carbons (Fsp3) is 0.818. The SMILES string of the molecule is CC(C)(C)C(=O)OC[C@H]1OC(=O)[C@@H]2N=NC[C@H]12. The van der Waals surface area contributed by atoms with Crippen LogP contribution in [0, 0.1) is 11.3 Å². The van der Waals surface area contributed by atoms with E-state index in [1.54, 1.807) is 20.8 Å². The normalized spacial score (nSPS) is 31.2. The van der Waals surface area contributed by atoms with E-state index < -0.39 is 17.6 Å². The van der Waals surface area contributed by atoms with Gasteiger partial charge >= 0.3 is 11.9 Å². The third-order valence-electron chi connectivity index (χ3n) is 2.88. The lowest BCUT2D eigenvalue weighted by Crippen LogP contribution is -2.31. The average Bonchev–Trinajstić information content (AvgIpc) is 2.78. The van der Waals surface area contributed by atoms with E-state index in [0.29, 0.717) is 6.54 Å². The smallest absolute Gasteiger partial charge is 0.333 e. The first kappa shape index (κ1) is 12.0. The van der Waals surface area contributed by atoms with Gasteiger partial charge in [0.2, 0.25) is 0 Å². The van der Waals surface area contributed by atoms with Crippen molar-refractivity contribution in [2.45, 2.75) is 32.9 Å². The molecule has 0 spiro atoms. The fourth-order valence-electron chi connectivity index (χ4n) is 1.80. The maximum Gasteiger partial charge on any atom is 0.333 e. The lowest BCUT2D eigenvalue weighted by Gasteiger charge is -2.19. The Hall–Kier alpha value is -1.46. The van der Waals surface area contributed by atoms with E-state index in [9.17, 15) is 9.59 Å². The van der Waals surface area contributed by atoms with Crippen molar-refractivity contribution in [3.05, 3.63) is 0 Å². The van der Waals surface area contributed by atoms with E-state index in [0.717, 1.165) is 0 Å². The average molecular weight is 240 g/mol. The number of hydrogen-bond donors (Lipinski definition) is 0. The van der Waals surface area contributed by atoms with Crippen molar-refractivity contribution in [1.29, 1.82) is 0 Å². The van der Waals surface area contributed by atoms with E-state index in [-0.39, 0.29) is 24.5 Å². The molecule has 94 valence electrons. The van der Waals surface area contributed by atoms with Gasteiger partial charge in [-0.3, -0.25) is 4.79 Å². The molecule has 0 aliphatic carbocycles. The van der Waals surface area contributed by atoms with Gasteiger partial charge < -0.3 is 9.47 Å². The summed E-state index contributed by atoms with van der Waals surface area (Å²) in [6.07, 6.45) is -0.409. The molecular formula is C11H16N2O4. The van der Waals surface area contributed by atoms with E-state index >= 15 is 0 Å². The zero-order valence-electron chi connectivity index (χ0n) is 10.2. The van der Waals surface area contributed by atoms with Crippen LogP contribution in [0.15, 0.2) is 10.2 Å². The molecule has 6 nitrogen and oxygen atoms in total. The highest BCUT2D eigenvalue weighted by Crippen LogP contribution is 2.30. The van der Waals surface area contributed by atoms with Crippen molar-refractivity contribution in [1.82, 2.24) is 0 Å². The second-order valence-corrected chi connectivity index (χ2v) is 5.37. The Kier molecular flexibility index (Phi) is 2.89. The highest BCUT2D eigenvalue weighted by molar-refractivity contribution is 5.79. The summed E-state index contributed by atoms with van der Waals surface area (Å²) in [6.45, 7) is 5.89. The molecule has 0 radical (unpaired) electrons. The maximum atomic E-state index is 11.6. The first-order chi connectivity index (χ1) is 7.89. The molecular weight excluding hydrogens is 224 g/mol.